The van der Waals surface area contributed by atoms with E-state index in [2.05, 4.69) is 44.3 Å². The van der Waals surface area contributed by atoms with Crippen molar-refractivity contribution in [3.63, 3.8) is 0 Å². The Bertz CT molecular complexity index is 428. The quantitative estimate of drug-likeness (QED) is 0.571. The molecule has 1 aromatic rings. The molecule has 1 rings (SSSR count). The lowest BCUT2D eigenvalue weighted by Gasteiger charge is -2.45. The van der Waals surface area contributed by atoms with Crippen LogP contribution >= 0.6 is 0 Å². The van der Waals surface area contributed by atoms with Gasteiger partial charge in [0.05, 0.1) is 12.1 Å². The lowest BCUT2D eigenvalue weighted by molar-refractivity contribution is 0.0858. The van der Waals surface area contributed by atoms with Crippen LogP contribution in [0.4, 0.5) is 0 Å². The number of nitrogens with two attached hydrogens (primary N) is 1. The zero-order valence-corrected chi connectivity index (χ0v) is 14.3. The molecule has 0 fully saturated rings. The van der Waals surface area contributed by atoms with E-state index in [0.717, 1.165) is 24.2 Å². The lowest BCUT2D eigenvalue weighted by atomic mass is 9.79. The van der Waals surface area contributed by atoms with E-state index >= 15 is 0 Å². The van der Waals surface area contributed by atoms with Gasteiger partial charge in [-0.15, -0.1) is 0 Å². The maximum atomic E-state index is 5.98. The lowest BCUT2D eigenvalue weighted by Crippen LogP contribution is -2.54. The summed E-state index contributed by atoms with van der Waals surface area (Å²) in [4.78, 5) is 2.27. The summed E-state index contributed by atoms with van der Waals surface area (Å²) in [6.45, 7) is 8.50. The highest BCUT2D eigenvalue weighted by atomic mass is 16.5. The van der Waals surface area contributed by atoms with Crippen LogP contribution in [0.3, 0.4) is 0 Å². The van der Waals surface area contributed by atoms with Crippen molar-refractivity contribution in [1.29, 1.82) is 0 Å². The SMILES string of the molecule is CCC(CC)(C(NN)c1ccccc1OC(C)C)N(C)C. The first-order valence-electron chi connectivity index (χ1n) is 7.82. The first-order valence-corrected chi connectivity index (χ1v) is 7.82. The Morgan fingerprint density at radius 2 is 1.76 bits per heavy atom. The summed E-state index contributed by atoms with van der Waals surface area (Å²) in [5.74, 6) is 6.85. The highest BCUT2D eigenvalue weighted by molar-refractivity contribution is 5.38. The van der Waals surface area contributed by atoms with Gasteiger partial charge in [-0.1, -0.05) is 32.0 Å². The van der Waals surface area contributed by atoms with Crippen LogP contribution < -0.4 is 16.0 Å². The summed E-state index contributed by atoms with van der Waals surface area (Å²) in [7, 11) is 4.23. The van der Waals surface area contributed by atoms with Crippen LogP contribution in [0.5, 0.6) is 5.75 Å². The van der Waals surface area contributed by atoms with Gasteiger partial charge < -0.3 is 9.64 Å². The van der Waals surface area contributed by atoms with Gasteiger partial charge >= 0.3 is 0 Å². The number of hydrazine groups is 1. The van der Waals surface area contributed by atoms with Crippen molar-refractivity contribution in [2.45, 2.75) is 58.2 Å². The fourth-order valence-corrected chi connectivity index (χ4v) is 3.16. The number of ether oxygens (including phenoxy) is 1. The molecule has 1 aromatic carbocycles. The Morgan fingerprint density at radius 1 is 1.19 bits per heavy atom. The third kappa shape index (κ3) is 3.76. The summed E-state index contributed by atoms with van der Waals surface area (Å²) >= 11 is 0. The molecule has 0 radical (unpaired) electrons. The monoisotopic (exact) mass is 293 g/mol. The Hall–Kier alpha value is -1.10. The molecule has 0 aliphatic rings. The Kier molecular flexibility index (Phi) is 6.65. The highest BCUT2D eigenvalue weighted by Crippen LogP contribution is 2.39. The van der Waals surface area contributed by atoms with Crippen molar-refractivity contribution in [2.75, 3.05) is 14.1 Å². The van der Waals surface area contributed by atoms with E-state index < -0.39 is 0 Å². The Morgan fingerprint density at radius 3 is 2.19 bits per heavy atom. The van der Waals surface area contributed by atoms with Gasteiger partial charge in [-0.2, -0.15) is 0 Å². The molecule has 21 heavy (non-hydrogen) atoms. The third-order valence-corrected chi connectivity index (χ3v) is 4.41. The van der Waals surface area contributed by atoms with Crippen LogP contribution in [0.15, 0.2) is 24.3 Å². The van der Waals surface area contributed by atoms with Crippen LogP contribution in [0.2, 0.25) is 0 Å². The van der Waals surface area contributed by atoms with Crippen molar-refractivity contribution < 1.29 is 4.74 Å². The molecular weight excluding hydrogens is 262 g/mol. The molecule has 1 atom stereocenters. The van der Waals surface area contributed by atoms with Crippen LogP contribution in [-0.2, 0) is 0 Å². The molecule has 3 N–H and O–H groups in total. The summed E-state index contributed by atoms with van der Waals surface area (Å²) in [6, 6.07) is 8.18. The maximum absolute atomic E-state index is 5.98. The van der Waals surface area contributed by atoms with Crippen LogP contribution in [-0.4, -0.2) is 30.6 Å². The standard InChI is InChI=1S/C17H31N3O/c1-7-17(8-2,20(5)6)16(19-18)14-11-9-10-12-15(14)21-13(3)4/h9-13,16,19H,7-8,18H2,1-6H3. The van der Waals surface area contributed by atoms with E-state index in [1.54, 1.807) is 0 Å². The summed E-state index contributed by atoms with van der Waals surface area (Å²) < 4.78 is 5.98. The molecule has 0 bridgehead atoms. The van der Waals surface area contributed by atoms with E-state index in [-0.39, 0.29) is 17.7 Å². The molecule has 120 valence electrons. The zero-order valence-electron chi connectivity index (χ0n) is 14.3. The predicted molar refractivity (Wildman–Crippen MR) is 89.3 cm³/mol. The predicted octanol–water partition coefficient (Wildman–Crippen LogP) is 3.10. The molecule has 0 saturated carbocycles. The highest BCUT2D eigenvalue weighted by Gasteiger charge is 2.39. The number of hydrogen-bond donors (Lipinski definition) is 2. The Labute approximate surface area is 129 Å². The number of nitrogens with zero attached hydrogens (tertiary/aromatic N) is 1. The summed E-state index contributed by atoms with van der Waals surface area (Å²) in [5.41, 5.74) is 4.10. The van der Waals surface area contributed by atoms with Crippen molar-refractivity contribution in [1.82, 2.24) is 10.3 Å². The minimum absolute atomic E-state index is 0.0115. The zero-order chi connectivity index (χ0) is 16.0. The van der Waals surface area contributed by atoms with Gasteiger partial charge in [-0.3, -0.25) is 11.3 Å². The minimum atomic E-state index is -0.0504. The number of para-hydroxylation sites is 1. The number of nitrogens with one attached hydrogen (secondary N) is 1. The van der Waals surface area contributed by atoms with Crippen LogP contribution in [0.1, 0.15) is 52.1 Å². The van der Waals surface area contributed by atoms with Crippen LogP contribution in [0, 0.1) is 0 Å². The van der Waals surface area contributed by atoms with Crippen molar-refractivity contribution in [3.8, 4) is 5.75 Å². The van der Waals surface area contributed by atoms with Crippen molar-refractivity contribution >= 4 is 0 Å². The fraction of sp³-hybridized carbons (Fsp3) is 0.647. The van der Waals surface area contributed by atoms with Gasteiger partial charge in [0.2, 0.25) is 0 Å². The first kappa shape index (κ1) is 18.0. The molecule has 0 aliphatic heterocycles. The molecule has 0 spiro atoms. The average molecular weight is 293 g/mol. The summed E-state index contributed by atoms with van der Waals surface area (Å²) in [5, 5.41) is 0. The second kappa shape index (κ2) is 7.78. The van der Waals surface area contributed by atoms with E-state index in [9.17, 15) is 0 Å². The maximum Gasteiger partial charge on any atom is 0.124 e. The molecule has 4 heteroatoms. The normalized spacial score (nSPS) is 13.8. The van der Waals surface area contributed by atoms with Gasteiger partial charge in [-0.05, 0) is 46.9 Å². The second-order valence-corrected chi connectivity index (χ2v) is 6.01. The van der Waals surface area contributed by atoms with Gasteiger partial charge in [0.15, 0.2) is 0 Å². The van der Waals surface area contributed by atoms with E-state index in [1.165, 1.54) is 0 Å². The molecule has 0 saturated heterocycles. The number of likely N-dealkylation sites (N-methyl/N-ethyl adjacent to an activating group) is 1. The van der Waals surface area contributed by atoms with Crippen LogP contribution in [0.25, 0.3) is 0 Å². The van der Waals surface area contributed by atoms with E-state index in [0.29, 0.717) is 0 Å². The molecular formula is C17H31N3O. The average Bonchev–Trinajstić information content (AvgIpc) is 2.45. The molecule has 0 heterocycles. The van der Waals surface area contributed by atoms with E-state index in [1.807, 2.05) is 32.0 Å². The van der Waals surface area contributed by atoms with Gasteiger partial charge in [0, 0.05) is 11.1 Å². The molecule has 1 unspecified atom stereocenters. The largest absolute Gasteiger partial charge is 0.491 e. The molecule has 0 aliphatic carbocycles. The second-order valence-electron chi connectivity index (χ2n) is 6.01. The van der Waals surface area contributed by atoms with Crippen molar-refractivity contribution in [3.05, 3.63) is 29.8 Å². The molecule has 4 nitrogen and oxygen atoms in total. The van der Waals surface area contributed by atoms with Crippen molar-refractivity contribution in [2.24, 2.45) is 5.84 Å². The fourth-order valence-electron chi connectivity index (χ4n) is 3.16. The van der Waals surface area contributed by atoms with Gasteiger partial charge in [0.1, 0.15) is 5.75 Å². The third-order valence-electron chi connectivity index (χ3n) is 4.41. The Balaban J connectivity index is 3.32. The van der Waals surface area contributed by atoms with Gasteiger partial charge in [-0.25, -0.2) is 0 Å². The number of rotatable bonds is 8. The molecule has 0 amide bonds. The topological polar surface area (TPSA) is 50.5 Å². The number of benzene rings is 1. The first-order chi connectivity index (χ1) is 9.92. The molecule has 0 aromatic heterocycles. The van der Waals surface area contributed by atoms with Gasteiger partial charge in [0.25, 0.3) is 0 Å². The van der Waals surface area contributed by atoms with E-state index in [4.69, 9.17) is 10.6 Å². The number of hydrogen-bond acceptors (Lipinski definition) is 4. The minimum Gasteiger partial charge on any atom is -0.491 e. The smallest absolute Gasteiger partial charge is 0.124 e. The summed E-state index contributed by atoms with van der Waals surface area (Å²) in [6.07, 6.45) is 2.14.